The van der Waals surface area contributed by atoms with Crippen LogP contribution in [0.2, 0.25) is 0 Å². The maximum atomic E-state index is 11.0. The molecule has 0 aromatic heterocycles. The van der Waals surface area contributed by atoms with Gasteiger partial charge in [-0.2, -0.15) is 0 Å². The maximum Gasteiger partial charge on any atom is 0.329 e. The van der Waals surface area contributed by atoms with Crippen molar-refractivity contribution in [2.75, 3.05) is 6.61 Å². The SMILES string of the molecule is CC(=O)NC(COc1ccccc1C(C)(C)C)C(=O)O. The molecule has 2 N–H and O–H groups in total. The Hall–Kier alpha value is -2.04. The zero-order valence-electron chi connectivity index (χ0n) is 12.3. The Morgan fingerprint density at radius 1 is 1.30 bits per heavy atom. The molecule has 0 aliphatic heterocycles. The molecule has 0 spiro atoms. The maximum absolute atomic E-state index is 11.0. The third kappa shape index (κ3) is 4.57. The molecular formula is C15H21NO4. The van der Waals surface area contributed by atoms with Crippen LogP contribution in [0.25, 0.3) is 0 Å². The summed E-state index contributed by atoms with van der Waals surface area (Å²) in [5, 5.41) is 11.4. The summed E-state index contributed by atoms with van der Waals surface area (Å²) in [6, 6.07) is 6.44. The van der Waals surface area contributed by atoms with Gasteiger partial charge in [-0.25, -0.2) is 4.79 Å². The molecule has 110 valence electrons. The average molecular weight is 279 g/mol. The van der Waals surface area contributed by atoms with Crippen molar-refractivity contribution in [1.82, 2.24) is 5.32 Å². The molecule has 5 nitrogen and oxygen atoms in total. The van der Waals surface area contributed by atoms with Crippen LogP contribution in [0.5, 0.6) is 5.75 Å². The highest BCUT2D eigenvalue weighted by molar-refractivity contribution is 5.82. The van der Waals surface area contributed by atoms with Gasteiger partial charge in [-0.15, -0.1) is 0 Å². The fraction of sp³-hybridized carbons (Fsp3) is 0.467. The van der Waals surface area contributed by atoms with Crippen LogP contribution in [-0.2, 0) is 15.0 Å². The quantitative estimate of drug-likeness (QED) is 0.864. The Bertz CT molecular complexity index is 491. The van der Waals surface area contributed by atoms with Crippen LogP contribution in [0, 0.1) is 0 Å². The zero-order chi connectivity index (χ0) is 15.3. The van der Waals surface area contributed by atoms with E-state index in [-0.39, 0.29) is 12.0 Å². The summed E-state index contributed by atoms with van der Waals surface area (Å²) in [6.07, 6.45) is 0. The third-order valence-corrected chi connectivity index (χ3v) is 2.78. The highest BCUT2D eigenvalue weighted by atomic mass is 16.5. The van der Waals surface area contributed by atoms with E-state index in [2.05, 4.69) is 26.1 Å². The molecule has 5 heteroatoms. The van der Waals surface area contributed by atoms with E-state index in [1.165, 1.54) is 6.92 Å². The molecule has 0 aliphatic carbocycles. The standard InChI is InChI=1S/C15H21NO4/c1-10(17)16-12(14(18)19)9-20-13-8-6-5-7-11(13)15(2,3)4/h5-8,12H,9H2,1-4H3,(H,16,17)(H,18,19). The number of hydrogen-bond donors (Lipinski definition) is 2. The second-order valence-corrected chi connectivity index (χ2v) is 5.65. The van der Waals surface area contributed by atoms with Gasteiger partial charge in [0.15, 0.2) is 6.04 Å². The molecule has 0 saturated heterocycles. The lowest BCUT2D eigenvalue weighted by atomic mass is 9.86. The van der Waals surface area contributed by atoms with Gasteiger partial charge in [0.25, 0.3) is 0 Å². The van der Waals surface area contributed by atoms with Crippen molar-refractivity contribution in [2.45, 2.75) is 39.2 Å². The summed E-state index contributed by atoms with van der Waals surface area (Å²) in [7, 11) is 0. The zero-order valence-corrected chi connectivity index (χ0v) is 12.3. The van der Waals surface area contributed by atoms with E-state index in [0.29, 0.717) is 5.75 Å². The number of ether oxygens (including phenoxy) is 1. The minimum Gasteiger partial charge on any atom is -0.491 e. The minimum absolute atomic E-state index is 0.108. The number of amides is 1. The molecule has 20 heavy (non-hydrogen) atoms. The van der Waals surface area contributed by atoms with Gasteiger partial charge >= 0.3 is 5.97 Å². The van der Waals surface area contributed by atoms with Crippen LogP contribution in [-0.4, -0.2) is 29.6 Å². The van der Waals surface area contributed by atoms with Crippen LogP contribution in [0.15, 0.2) is 24.3 Å². The first-order valence-corrected chi connectivity index (χ1v) is 6.44. The minimum atomic E-state index is -1.12. The first-order valence-electron chi connectivity index (χ1n) is 6.44. The number of hydrogen-bond acceptors (Lipinski definition) is 3. The molecule has 0 radical (unpaired) electrons. The second-order valence-electron chi connectivity index (χ2n) is 5.65. The number of carbonyl (C=O) groups is 2. The number of aliphatic carboxylic acids is 1. The molecular weight excluding hydrogens is 258 g/mol. The molecule has 0 bridgehead atoms. The molecule has 1 unspecified atom stereocenters. The van der Waals surface area contributed by atoms with Gasteiger partial charge in [-0.05, 0) is 17.0 Å². The fourth-order valence-corrected chi connectivity index (χ4v) is 1.81. The van der Waals surface area contributed by atoms with Gasteiger partial charge in [0.2, 0.25) is 5.91 Å². The highest BCUT2D eigenvalue weighted by Gasteiger charge is 2.22. The van der Waals surface area contributed by atoms with Gasteiger partial charge in [0, 0.05) is 6.92 Å². The van der Waals surface area contributed by atoms with Crippen LogP contribution >= 0.6 is 0 Å². The Morgan fingerprint density at radius 2 is 1.90 bits per heavy atom. The molecule has 1 rings (SSSR count). The van der Waals surface area contributed by atoms with Crippen molar-refractivity contribution >= 4 is 11.9 Å². The van der Waals surface area contributed by atoms with E-state index in [0.717, 1.165) is 5.56 Å². The summed E-state index contributed by atoms with van der Waals surface area (Å²) >= 11 is 0. The fourth-order valence-electron chi connectivity index (χ4n) is 1.81. The number of rotatable bonds is 5. The Balaban J connectivity index is 2.83. The van der Waals surface area contributed by atoms with E-state index in [9.17, 15) is 9.59 Å². The van der Waals surface area contributed by atoms with E-state index in [1.54, 1.807) is 6.07 Å². The first kappa shape index (κ1) is 16.0. The molecule has 0 heterocycles. The number of benzene rings is 1. The normalized spacial score (nSPS) is 12.6. The van der Waals surface area contributed by atoms with Gasteiger partial charge in [-0.1, -0.05) is 39.0 Å². The van der Waals surface area contributed by atoms with E-state index in [1.807, 2.05) is 18.2 Å². The smallest absolute Gasteiger partial charge is 0.329 e. The Morgan fingerprint density at radius 3 is 2.40 bits per heavy atom. The summed E-state index contributed by atoms with van der Waals surface area (Å²) in [5.41, 5.74) is 0.885. The van der Waals surface area contributed by atoms with Gasteiger partial charge in [0.1, 0.15) is 12.4 Å². The molecule has 1 amide bonds. The molecule has 0 fully saturated rings. The predicted molar refractivity (Wildman–Crippen MR) is 75.9 cm³/mol. The number of carboxylic acids is 1. The number of carbonyl (C=O) groups excluding carboxylic acids is 1. The largest absolute Gasteiger partial charge is 0.491 e. The van der Waals surface area contributed by atoms with Gasteiger partial charge < -0.3 is 15.2 Å². The van der Waals surface area contributed by atoms with E-state index < -0.39 is 17.9 Å². The molecule has 1 aromatic rings. The molecule has 1 atom stereocenters. The summed E-state index contributed by atoms with van der Waals surface area (Å²) < 4.78 is 5.59. The number of carboxylic acid groups (broad SMARTS) is 1. The topological polar surface area (TPSA) is 75.6 Å². The van der Waals surface area contributed by atoms with Crippen LogP contribution < -0.4 is 10.1 Å². The van der Waals surface area contributed by atoms with Crippen LogP contribution in [0.4, 0.5) is 0 Å². The first-order chi connectivity index (χ1) is 9.21. The third-order valence-electron chi connectivity index (χ3n) is 2.78. The Kier molecular flexibility index (Phi) is 5.13. The van der Waals surface area contributed by atoms with Crippen molar-refractivity contribution in [3.8, 4) is 5.75 Å². The lowest BCUT2D eigenvalue weighted by molar-refractivity contribution is -0.142. The van der Waals surface area contributed by atoms with Gasteiger partial charge in [-0.3, -0.25) is 4.79 Å². The average Bonchev–Trinajstić information content (AvgIpc) is 2.33. The summed E-state index contributed by atoms with van der Waals surface area (Å²) in [6.45, 7) is 7.33. The van der Waals surface area contributed by atoms with Crippen molar-refractivity contribution in [2.24, 2.45) is 0 Å². The predicted octanol–water partition coefficient (Wildman–Crippen LogP) is 1.95. The van der Waals surface area contributed by atoms with Crippen LogP contribution in [0.1, 0.15) is 33.3 Å². The molecule has 0 aliphatic rings. The lowest BCUT2D eigenvalue weighted by Gasteiger charge is -2.23. The van der Waals surface area contributed by atoms with E-state index >= 15 is 0 Å². The second kappa shape index (κ2) is 6.41. The monoisotopic (exact) mass is 279 g/mol. The van der Waals surface area contributed by atoms with Gasteiger partial charge in [0.05, 0.1) is 0 Å². The van der Waals surface area contributed by atoms with Crippen molar-refractivity contribution in [3.05, 3.63) is 29.8 Å². The van der Waals surface area contributed by atoms with Crippen molar-refractivity contribution in [3.63, 3.8) is 0 Å². The number of nitrogens with one attached hydrogen (secondary N) is 1. The lowest BCUT2D eigenvalue weighted by Crippen LogP contribution is -2.43. The molecule has 0 saturated carbocycles. The summed E-state index contributed by atoms with van der Waals surface area (Å²) in [5.74, 6) is -0.879. The highest BCUT2D eigenvalue weighted by Crippen LogP contribution is 2.30. The molecule has 1 aromatic carbocycles. The van der Waals surface area contributed by atoms with Crippen LogP contribution in [0.3, 0.4) is 0 Å². The number of para-hydroxylation sites is 1. The van der Waals surface area contributed by atoms with Crippen molar-refractivity contribution in [1.29, 1.82) is 0 Å². The Labute approximate surface area is 118 Å². The van der Waals surface area contributed by atoms with Crippen molar-refractivity contribution < 1.29 is 19.4 Å². The van der Waals surface area contributed by atoms with E-state index in [4.69, 9.17) is 9.84 Å². The summed E-state index contributed by atoms with van der Waals surface area (Å²) in [4.78, 5) is 22.0.